The summed E-state index contributed by atoms with van der Waals surface area (Å²) in [5.41, 5.74) is 17.6. The van der Waals surface area contributed by atoms with Crippen LogP contribution in [0.2, 0.25) is 5.31 Å². The molecule has 0 aromatic heterocycles. The summed E-state index contributed by atoms with van der Waals surface area (Å²) in [6.07, 6.45) is 2.89. The third kappa shape index (κ3) is 1.23. The molecule has 1 fully saturated rings. The Morgan fingerprint density at radius 1 is 1.15 bits per heavy atom. The molecule has 0 radical (unpaired) electrons. The molecule has 0 aromatic rings. The molecular weight excluding hydrogens is 161 g/mol. The molecule has 3 nitrogen and oxygen atoms in total. The maximum atomic E-state index is 6.36. The van der Waals surface area contributed by atoms with Crippen LogP contribution in [0.4, 0.5) is 0 Å². The van der Waals surface area contributed by atoms with Crippen molar-refractivity contribution >= 4 is 7.28 Å². The molecule has 1 aliphatic heterocycles. The quantitative estimate of drug-likeness (QED) is 0.427. The lowest BCUT2D eigenvalue weighted by Crippen LogP contribution is -2.52. The Hall–Kier alpha value is -0.0551. The highest BCUT2D eigenvalue weighted by atomic mass is 15.1. The summed E-state index contributed by atoms with van der Waals surface area (Å²) in [5, 5.41) is -0.0243. The standard InChI is InChI=1S/C9H22BN3/c1-4-7(11,5-2)8(6-3)9(12,13)10-8/h10H,4-6,11-13H2,1-3H3. The van der Waals surface area contributed by atoms with Crippen molar-refractivity contribution in [1.82, 2.24) is 0 Å². The highest BCUT2D eigenvalue weighted by Crippen LogP contribution is 2.61. The summed E-state index contributed by atoms with van der Waals surface area (Å²) < 4.78 is 0. The van der Waals surface area contributed by atoms with Crippen LogP contribution in [0.25, 0.3) is 0 Å². The lowest BCUT2D eigenvalue weighted by Gasteiger charge is -2.39. The molecule has 76 valence electrons. The Morgan fingerprint density at radius 2 is 1.54 bits per heavy atom. The van der Waals surface area contributed by atoms with Gasteiger partial charge < -0.3 is 17.2 Å². The van der Waals surface area contributed by atoms with E-state index in [1.165, 1.54) is 0 Å². The van der Waals surface area contributed by atoms with Gasteiger partial charge in [0, 0.05) is 11.1 Å². The third-order valence-corrected chi connectivity index (χ3v) is 4.18. The Labute approximate surface area is 81.7 Å². The van der Waals surface area contributed by atoms with Crippen LogP contribution in [0.3, 0.4) is 0 Å². The molecule has 6 N–H and O–H groups in total. The van der Waals surface area contributed by atoms with Crippen molar-refractivity contribution < 1.29 is 0 Å². The highest BCUT2D eigenvalue weighted by Gasteiger charge is 2.70. The molecule has 13 heavy (non-hydrogen) atoms. The van der Waals surface area contributed by atoms with Gasteiger partial charge >= 0.3 is 0 Å². The first-order chi connectivity index (χ1) is 5.89. The van der Waals surface area contributed by atoms with Crippen LogP contribution in [-0.2, 0) is 0 Å². The topological polar surface area (TPSA) is 78.1 Å². The van der Waals surface area contributed by atoms with Crippen molar-refractivity contribution in [1.29, 1.82) is 0 Å². The molecule has 1 heterocycles. The molecule has 1 aliphatic rings. The SMILES string of the molecule is CCC(N)(CC)C1(CC)BC1(N)N. The number of hydrogen-bond donors (Lipinski definition) is 3. The minimum atomic E-state index is -0.525. The van der Waals surface area contributed by atoms with Crippen LogP contribution < -0.4 is 17.2 Å². The van der Waals surface area contributed by atoms with E-state index in [4.69, 9.17) is 17.2 Å². The Balaban J connectivity index is 2.91. The first-order valence-corrected chi connectivity index (χ1v) is 5.26. The predicted molar refractivity (Wildman–Crippen MR) is 58.7 cm³/mol. The van der Waals surface area contributed by atoms with Crippen molar-refractivity contribution in [2.45, 2.75) is 56.4 Å². The van der Waals surface area contributed by atoms with Gasteiger partial charge in [0.1, 0.15) is 0 Å². The van der Waals surface area contributed by atoms with E-state index >= 15 is 0 Å². The molecule has 1 unspecified atom stereocenters. The zero-order valence-electron chi connectivity index (χ0n) is 9.06. The normalized spacial score (nSPS) is 31.2. The first kappa shape index (κ1) is 11.0. The molecule has 0 aromatic carbocycles. The molecule has 1 atom stereocenters. The molecule has 0 spiro atoms. The molecular formula is C9H22BN3. The molecule has 0 saturated carbocycles. The molecule has 0 bridgehead atoms. The van der Waals surface area contributed by atoms with Gasteiger partial charge in [-0.2, -0.15) is 0 Å². The second kappa shape index (κ2) is 2.97. The fourth-order valence-electron chi connectivity index (χ4n) is 2.83. The van der Waals surface area contributed by atoms with Crippen molar-refractivity contribution in [2.24, 2.45) is 17.2 Å². The summed E-state index contributed by atoms with van der Waals surface area (Å²) in [6.45, 7) is 6.37. The number of hydrogen-bond acceptors (Lipinski definition) is 3. The number of rotatable bonds is 4. The summed E-state index contributed by atoms with van der Waals surface area (Å²) >= 11 is 0. The van der Waals surface area contributed by atoms with E-state index < -0.39 is 5.56 Å². The van der Waals surface area contributed by atoms with E-state index in [2.05, 4.69) is 20.8 Å². The van der Waals surface area contributed by atoms with Crippen molar-refractivity contribution in [3.63, 3.8) is 0 Å². The van der Waals surface area contributed by atoms with Gasteiger partial charge in [0.15, 0.2) is 7.28 Å². The van der Waals surface area contributed by atoms with Crippen molar-refractivity contribution in [3.05, 3.63) is 0 Å². The van der Waals surface area contributed by atoms with E-state index in [1.807, 2.05) is 0 Å². The van der Waals surface area contributed by atoms with Crippen LogP contribution >= 0.6 is 0 Å². The smallest absolute Gasteiger partial charge is 0.176 e. The Morgan fingerprint density at radius 3 is 1.62 bits per heavy atom. The fourth-order valence-corrected chi connectivity index (χ4v) is 2.83. The van der Waals surface area contributed by atoms with Gasteiger partial charge in [-0.05, 0) is 18.2 Å². The van der Waals surface area contributed by atoms with E-state index in [0.717, 1.165) is 26.5 Å². The van der Waals surface area contributed by atoms with Gasteiger partial charge in [0.2, 0.25) is 0 Å². The predicted octanol–water partition coefficient (Wildman–Crippen LogP) is 0.0939. The third-order valence-electron chi connectivity index (χ3n) is 4.18. The zero-order chi connectivity index (χ0) is 10.3. The lowest BCUT2D eigenvalue weighted by molar-refractivity contribution is 0.264. The largest absolute Gasteiger partial charge is 0.325 e. The molecule has 0 amide bonds. The molecule has 0 aliphatic carbocycles. The Bertz CT molecular complexity index is 201. The van der Waals surface area contributed by atoms with Crippen molar-refractivity contribution in [3.8, 4) is 0 Å². The van der Waals surface area contributed by atoms with Gasteiger partial charge in [-0.1, -0.05) is 27.2 Å². The van der Waals surface area contributed by atoms with Crippen LogP contribution in [-0.4, -0.2) is 18.4 Å². The van der Waals surface area contributed by atoms with Crippen molar-refractivity contribution in [2.75, 3.05) is 0 Å². The molecule has 4 heteroatoms. The fraction of sp³-hybridized carbons (Fsp3) is 1.00. The first-order valence-electron chi connectivity index (χ1n) is 5.26. The van der Waals surface area contributed by atoms with Crippen LogP contribution in [0.5, 0.6) is 0 Å². The van der Waals surface area contributed by atoms with E-state index in [0.29, 0.717) is 0 Å². The zero-order valence-corrected chi connectivity index (χ0v) is 9.06. The highest BCUT2D eigenvalue weighted by molar-refractivity contribution is 6.60. The Kier molecular flexibility index (Phi) is 2.52. The molecule has 1 saturated heterocycles. The number of nitrogens with two attached hydrogens (primary N) is 3. The average molecular weight is 183 g/mol. The monoisotopic (exact) mass is 183 g/mol. The second-order valence-electron chi connectivity index (χ2n) is 4.52. The minimum absolute atomic E-state index is 0.0243. The van der Waals surface area contributed by atoms with Gasteiger partial charge in [0.25, 0.3) is 0 Å². The summed E-state index contributed by atoms with van der Waals surface area (Å²) in [7, 11) is 0.870. The van der Waals surface area contributed by atoms with E-state index in [-0.39, 0.29) is 10.9 Å². The van der Waals surface area contributed by atoms with E-state index in [1.54, 1.807) is 0 Å². The summed E-state index contributed by atoms with van der Waals surface area (Å²) in [6, 6.07) is 0. The van der Waals surface area contributed by atoms with Crippen LogP contribution in [0, 0.1) is 0 Å². The maximum absolute atomic E-state index is 6.36. The van der Waals surface area contributed by atoms with Gasteiger partial charge in [-0.3, -0.25) is 0 Å². The average Bonchev–Trinajstić information content (AvgIpc) is 2.69. The lowest BCUT2D eigenvalue weighted by atomic mass is 9.67. The van der Waals surface area contributed by atoms with Gasteiger partial charge in [0.05, 0.1) is 0 Å². The summed E-state index contributed by atoms with van der Waals surface area (Å²) in [4.78, 5) is 0. The van der Waals surface area contributed by atoms with Gasteiger partial charge in [-0.15, -0.1) is 0 Å². The maximum Gasteiger partial charge on any atom is 0.176 e. The second-order valence-corrected chi connectivity index (χ2v) is 4.52. The van der Waals surface area contributed by atoms with Crippen LogP contribution in [0.15, 0.2) is 0 Å². The van der Waals surface area contributed by atoms with Gasteiger partial charge in [-0.25, -0.2) is 0 Å². The summed E-state index contributed by atoms with van der Waals surface area (Å²) in [5.74, 6) is 0. The molecule has 1 rings (SSSR count). The van der Waals surface area contributed by atoms with E-state index in [9.17, 15) is 0 Å². The van der Waals surface area contributed by atoms with Crippen LogP contribution in [0.1, 0.15) is 40.0 Å². The minimum Gasteiger partial charge on any atom is -0.325 e.